The van der Waals surface area contributed by atoms with Gasteiger partial charge in [0.1, 0.15) is 5.76 Å². The minimum atomic E-state index is 0.395. The number of rotatable bonds is 1. The summed E-state index contributed by atoms with van der Waals surface area (Å²) in [5.41, 5.74) is 1.14. The third-order valence-electron chi connectivity index (χ3n) is 2.17. The first kappa shape index (κ1) is 6.85. The Balaban J connectivity index is 2.37. The van der Waals surface area contributed by atoms with Crippen molar-refractivity contribution in [1.29, 1.82) is 0 Å². The van der Waals surface area contributed by atoms with E-state index >= 15 is 0 Å². The molecule has 0 saturated carbocycles. The quantitative estimate of drug-likeness (QED) is 0.656. The van der Waals surface area contributed by atoms with Crippen LogP contribution in [0.5, 0.6) is 0 Å². The van der Waals surface area contributed by atoms with Crippen LogP contribution < -0.4 is 5.32 Å². The molecular weight excluding hydrogens is 140 g/mol. The Labute approximate surface area is 65.8 Å². The predicted molar refractivity (Wildman–Crippen MR) is 41.4 cm³/mol. The zero-order valence-electron chi connectivity index (χ0n) is 6.85. The molecular formula is C8H12N2O. The van der Waals surface area contributed by atoms with Crippen LogP contribution in [-0.2, 0) is 6.42 Å². The molecule has 1 aromatic rings. The van der Waals surface area contributed by atoms with Gasteiger partial charge in [-0.3, -0.25) is 0 Å². The van der Waals surface area contributed by atoms with Crippen molar-refractivity contribution in [3.63, 3.8) is 0 Å². The summed E-state index contributed by atoms with van der Waals surface area (Å²) in [4.78, 5) is 4.28. The van der Waals surface area contributed by atoms with Gasteiger partial charge in [0.05, 0.1) is 11.7 Å². The Morgan fingerprint density at radius 1 is 1.64 bits per heavy atom. The number of nitrogens with zero attached hydrogens (tertiary/aromatic N) is 1. The van der Waals surface area contributed by atoms with Gasteiger partial charge >= 0.3 is 0 Å². The fourth-order valence-electron chi connectivity index (χ4n) is 1.62. The van der Waals surface area contributed by atoms with Crippen molar-refractivity contribution < 1.29 is 4.42 Å². The fourth-order valence-corrected chi connectivity index (χ4v) is 1.62. The van der Waals surface area contributed by atoms with E-state index in [0.717, 1.165) is 30.2 Å². The summed E-state index contributed by atoms with van der Waals surface area (Å²) in [6.45, 7) is 1.89. The Morgan fingerprint density at radius 3 is 3.18 bits per heavy atom. The van der Waals surface area contributed by atoms with E-state index in [9.17, 15) is 0 Å². The van der Waals surface area contributed by atoms with E-state index < -0.39 is 0 Å². The fraction of sp³-hybridized carbons (Fsp3) is 0.625. The standard InChI is InChI=1S/C8H12N2O/c1-5-10-7-4-3-6(9-2)8(7)11-5/h6,9H,3-4H2,1-2H3. The molecule has 1 unspecified atom stereocenters. The summed E-state index contributed by atoms with van der Waals surface area (Å²) in [6, 6.07) is 0.395. The normalized spacial score (nSPS) is 22.2. The predicted octanol–water partition coefficient (Wildman–Crippen LogP) is 1.19. The lowest BCUT2D eigenvalue weighted by atomic mass is 10.2. The molecule has 0 bridgehead atoms. The lowest BCUT2D eigenvalue weighted by Gasteiger charge is -2.04. The molecule has 3 heteroatoms. The van der Waals surface area contributed by atoms with Crippen LogP contribution in [0.15, 0.2) is 4.42 Å². The van der Waals surface area contributed by atoms with E-state index in [1.165, 1.54) is 0 Å². The van der Waals surface area contributed by atoms with Crippen LogP contribution in [0.1, 0.15) is 29.8 Å². The molecule has 0 spiro atoms. The second kappa shape index (κ2) is 2.34. The van der Waals surface area contributed by atoms with E-state index in [-0.39, 0.29) is 0 Å². The topological polar surface area (TPSA) is 38.1 Å². The Bertz CT molecular complexity index is 267. The van der Waals surface area contributed by atoms with Crippen LogP contribution in [0.25, 0.3) is 0 Å². The number of oxazole rings is 1. The molecule has 0 amide bonds. The summed E-state index contributed by atoms with van der Waals surface area (Å²) in [6.07, 6.45) is 2.18. The summed E-state index contributed by atoms with van der Waals surface area (Å²) in [5.74, 6) is 1.83. The van der Waals surface area contributed by atoms with Crippen molar-refractivity contribution in [1.82, 2.24) is 10.3 Å². The van der Waals surface area contributed by atoms with Gasteiger partial charge in [-0.2, -0.15) is 0 Å². The van der Waals surface area contributed by atoms with Crippen LogP contribution in [0.4, 0.5) is 0 Å². The van der Waals surface area contributed by atoms with Gasteiger partial charge in [-0.25, -0.2) is 4.98 Å². The van der Waals surface area contributed by atoms with E-state index in [4.69, 9.17) is 4.42 Å². The minimum Gasteiger partial charge on any atom is -0.444 e. The van der Waals surface area contributed by atoms with Gasteiger partial charge in [0, 0.05) is 6.92 Å². The van der Waals surface area contributed by atoms with Crippen LogP contribution in [0.2, 0.25) is 0 Å². The molecule has 3 nitrogen and oxygen atoms in total. The molecule has 11 heavy (non-hydrogen) atoms. The third kappa shape index (κ3) is 0.959. The second-order valence-corrected chi connectivity index (χ2v) is 2.92. The van der Waals surface area contributed by atoms with Crippen LogP contribution in [0, 0.1) is 6.92 Å². The minimum absolute atomic E-state index is 0.395. The number of nitrogens with one attached hydrogen (secondary N) is 1. The zero-order valence-corrected chi connectivity index (χ0v) is 6.85. The Hall–Kier alpha value is -0.830. The van der Waals surface area contributed by atoms with Crippen LogP contribution in [-0.4, -0.2) is 12.0 Å². The summed E-state index contributed by atoms with van der Waals surface area (Å²) in [5, 5.41) is 3.20. The Morgan fingerprint density at radius 2 is 2.45 bits per heavy atom. The van der Waals surface area contributed by atoms with Crippen molar-refractivity contribution in [3.8, 4) is 0 Å². The molecule has 1 heterocycles. The number of aryl methyl sites for hydroxylation is 2. The monoisotopic (exact) mass is 152 g/mol. The van der Waals surface area contributed by atoms with E-state index in [1.807, 2.05) is 14.0 Å². The maximum atomic E-state index is 5.46. The molecule has 1 N–H and O–H groups in total. The summed E-state index contributed by atoms with van der Waals surface area (Å²) in [7, 11) is 1.96. The van der Waals surface area contributed by atoms with Gasteiger partial charge in [0.25, 0.3) is 0 Å². The number of fused-ring (bicyclic) bond motifs is 1. The van der Waals surface area contributed by atoms with Gasteiger partial charge in [0.15, 0.2) is 5.89 Å². The highest BCUT2D eigenvalue weighted by Gasteiger charge is 2.26. The molecule has 2 rings (SSSR count). The molecule has 1 aliphatic carbocycles. The van der Waals surface area contributed by atoms with Gasteiger partial charge in [-0.1, -0.05) is 0 Å². The van der Waals surface area contributed by atoms with Crippen LogP contribution >= 0.6 is 0 Å². The first-order valence-corrected chi connectivity index (χ1v) is 3.94. The molecule has 1 aromatic heterocycles. The van der Waals surface area contributed by atoms with Crippen molar-refractivity contribution in [3.05, 3.63) is 17.3 Å². The lowest BCUT2D eigenvalue weighted by Crippen LogP contribution is -2.12. The average molecular weight is 152 g/mol. The molecule has 1 aliphatic rings. The van der Waals surface area contributed by atoms with E-state index in [2.05, 4.69) is 10.3 Å². The van der Waals surface area contributed by atoms with Crippen molar-refractivity contribution in [2.45, 2.75) is 25.8 Å². The number of hydrogen-bond acceptors (Lipinski definition) is 3. The third-order valence-corrected chi connectivity index (χ3v) is 2.17. The van der Waals surface area contributed by atoms with Crippen molar-refractivity contribution in [2.75, 3.05) is 7.05 Å². The van der Waals surface area contributed by atoms with Gasteiger partial charge in [0.2, 0.25) is 0 Å². The smallest absolute Gasteiger partial charge is 0.191 e. The number of hydrogen-bond donors (Lipinski definition) is 1. The molecule has 0 radical (unpaired) electrons. The molecule has 0 aromatic carbocycles. The first-order valence-electron chi connectivity index (χ1n) is 3.94. The zero-order chi connectivity index (χ0) is 7.84. The maximum Gasteiger partial charge on any atom is 0.191 e. The lowest BCUT2D eigenvalue weighted by molar-refractivity contribution is 0.416. The van der Waals surface area contributed by atoms with E-state index in [1.54, 1.807) is 0 Å². The molecule has 0 aliphatic heterocycles. The first-order chi connectivity index (χ1) is 5.31. The van der Waals surface area contributed by atoms with Gasteiger partial charge in [-0.15, -0.1) is 0 Å². The van der Waals surface area contributed by atoms with Gasteiger partial charge in [-0.05, 0) is 19.9 Å². The average Bonchev–Trinajstić information content (AvgIpc) is 2.45. The molecule has 1 atom stereocenters. The van der Waals surface area contributed by atoms with Crippen LogP contribution in [0.3, 0.4) is 0 Å². The van der Waals surface area contributed by atoms with Gasteiger partial charge < -0.3 is 9.73 Å². The SMILES string of the molecule is CNC1CCc2nc(C)oc21. The van der Waals surface area contributed by atoms with Crippen molar-refractivity contribution in [2.24, 2.45) is 0 Å². The highest BCUT2D eigenvalue weighted by atomic mass is 16.4. The second-order valence-electron chi connectivity index (χ2n) is 2.92. The highest BCUT2D eigenvalue weighted by molar-refractivity contribution is 5.19. The summed E-state index contributed by atoms with van der Waals surface area (Å²) < 4.78 is 5.46. The molecule has 60 valence electrons. The van der Waals surface area contributed by atoms with Crippen molar-refractivity contribution >= 4 is 0 Å². The largest absolute Gasteiger partial charge is 0.444 e. The maximum absolute atomic E-state index is 5.46. The Kier molecular flexibility index (Phi) is 1.46. The summed E-state index contributed by atoms with van der Waals surface area (Å²) >= 11 is 0. The molecule has 0 saturated heterocycles. The highest BCUT2D eigenvalue weighted by Crippen LogP contribution is 2.30. The van der Waals surface area contributed by atoms with E-state index in [0.29, 0.717) is 6.04 Å². The number of aromatic nitrogens is 1. The molecule has 0 fully saturated rings.